The van der Waals surface area contributed by atoms with Crippen LogP contribution in [0.4, 0.5) is 5.82 Å². The summed E-state index contributed by atoms with van der Waals surface area (Å²) in [5.41, 5.74) is 11.3. The second-order valence-corrected chi connectivity index (χ2v) is 9.95. The zero-order valence-corrected chi connectivity index (χ0v) is 22.0. The van der Waals surface area contributed by atoms with E-state index in [1.807, 2.05) is 61.9 Å². The van der Waals surface area contributed by atoms with Gasteiger partial charge in [0.05, 0.1) is 29.0 Å². The number of aromatic nitrogens is 5. The highest BCUT2D eigenvalue weighted by Gasteiger charge is 2.22. The van der Waals surface area contributed by atoms with Gasteiger partial charge in [-0.3, -0.25) is 14.5 Å². The SMILES string of the molecule is CC(NC(=O)c1c(N)ncc2cccnc12)c1nc2scc(C#Cc3cnn(C)c3)c2cc1-c1ccccc1. The molecule has 5 heterocycles. The standard InChI is InChI=1S/C30H23N7OS/c1-18(35-29(38)25-27-21(9-6-12-32-27)15-33-28(25)31)26-23(20-7-4-3-5-8-20)13-24-22(17-39-30(24)36-26)11-10-19-14-34-37(2)16-19/h3-9,12-18H,1-2H3,(H2,31,33)(H,35,38). The summed E-state index contributed by atoms with van der Waals surface area (Å²) < 4.78 is 1.73. The number of aryl methyl sites for hydroxylation is 1. The Hall–Kier alpha value is -5.07. The number of hydrogen-bond donors (Lipinski definition) is 2. The lowest BCUT2D eigenvalue weighted by atomic mass is 9.98. The fraction of sp³-hybridized carbons (Fsp3) is 0.100. The van der Waals surface area contributed by atoms with E-state index in [0.717, 1.165) is 43.6 Å². The maximum atomic E-state index is 13.5. The van der Waals surface area contributed by atoms with E-state index in [2.05, 4.69) is 38.3 Å². The Morgan fingerprint density at radius 1 is 1.10 bits per heavy atom. The average Bonchev–Trinajstić information content (AvgIpc) is 3.56. The zero-order chi connectivity index (χ0) is 26.9. The monoisotopic (exact) mass is 529 g/mol. The van der Waals surface area contributed by atoms with E-state index >= 15 is 0 Å². The van der Waals surface area contributed by atoms with Gasteiger partial charge in [-0.25, -0.2) is 9.97 Å². The number of nitrogens with one attached hydrogen (secondary N) is 1. The second-order valence-electron chi connectivity index (χ2n) is 9.10. The number of hydrogen-bond acceptors (Lipinski definition) is 7. The predicted molar refractivity (Wildman–Crippen MR) is 154 cm³/mol. The lowest BCUT2D eigenvalue weighted by molar-refractivity contribution is 0.0941. The molecule has 0 aliphatic rings. The molecule has 39 heavy (non-hydrogen) atoms. The lowest BCUT2D eigenvalue weighted by Gasteiger charge is -2.18. The number of pyridine rings is 3. The van der Waals surface area contributed by atoms with Gasteiger partial charge in [0.2, 0.25) is 0 Å². The van der Waals surface area contributed by atoms with Crippen molar-refractivity contribution in [3.63, 3.8) is 0 Å². The summed E-state index contributed by atoms with van der Waals surface area (Å²) in [7, 11) is 1.87. The molecule has 0 saturated carbocycles. The first-order valence-electron chi connectivity index (χ1n) is 12.3. The van der Waals surface area contributed by atoms with Crippen LogP contribution in [0.1, 0.15) is 40.1 Å². The van der Waals surface area contributed by atoms with Crippen LogP contribution in [-0.4, -0.2) is 30.6 Å². The lowest BCUT2D eigenvalue weighted by Crippen LogP contribution is -2.29. The summed E-state index contributed by atoms with van der Waals surface area (Å²) in [6, 6.07) is 15.3. The number of carbonyl (C=O) groups is 1. The molecule has 0 saturated heterocycles. The Balaban J connectivity index is 1.41. The molecule has 1 aromatic carbocycles. The Morgan fingerprint density at radius 3 is 2.74 bits per heavy atom. The van der Waals surface area contributed by atoms with Crippen molar-refractivity contribution >= 4 is 44.2 Å². The second kappa shape index (κ2) is 10.0. The molecular formula is C30H23N7OS. The summed E-state index contributed by atoms with van der Waals surface area (Å²) in [6.45, 7) is 1.91. The van der Waals surface area contributed by atoms with Crippen molar-refractivity contribution in [2.75, 3.05) is 5.73 Å². The van der Waals surface area contributed by atoms with Gasteiger partial charge in [-0.2, -0.15) is 5.10 Å². The Bertz CT molecular complexity index is 1910. The molecule has 0 fully saturated rings. The van der Waals surface area contributed by atoms with Crippen molar-refractivity contribution in [1.82, 2.24) is 30.0 Å². The number of nitrogens with two attached hydrogens (primary N) is 1. The average molecular weight is 530 g/mol. The van der Waals surface area contributed by atoms with Crippen molar-refractivity contribution in [3.05, 3.63) is 101 Å². The van der Waals surface area contributed by atoms with Crippen LogP contribution in [0.15, 0.2) is 78.7 Å². The molecule has 190 valence electrons. The van der Waals surface area contributed by atoms with Crippen LogP contribution in [0.2, 0.25) is 0 Å². The van der Waals surface area contributed by atoms with Crippen LogP contribution in [0.5, 0.6) is 0 Å². The summed E-state index contributed by atoms with van der Waals surface area (Å²) in [5, 5.41) is 11.0. The molecule has 6 aromatic rings. The topological polar surface area (TPSA) is 112 Å². The number of fused-ring (bicyclic) bond motifs is 2. The number of carbonyl (C=O) groups excluding carboxylic acids is 1. The molecule has 1 unspecified atom stereocenters. The molecule has 8 nitrogen and oxygen atoms in total. The molecular weight excluding hydrogens is 506 g/mol. The van der Waals surface area contributed by atoms with Crippen LogP contribution < -0.4 is 11.1 Å². The van der Waals surface area contributed by atoms with E-state index in [-0.39, 0.29) is 17.3 Å². The highest BCUT2D eigenvalue weighted by Crippen LogP contribution is 2.34. The molecule has 0 aliphatic heterocycles. The zero-order valence-electron chi connectivity index (χ0n) is 21.2. The number of nitrogen functional groups attached to an aromatic ring is 1. The fourth-order valence-electron chi connectivity index (χ4n) is 4.49. The Labute approximate surface area is 228 Å². The van der Waals surface area contributed by atoms with Gasteiger partial charge in [0.1, 0.15) is 16.2 Å². The van der Waals surface area contributed by atoms with Gasteiger partial charge in [-0.15, -0.1) is 11.3 Å². The smallest absolute Gasteiger partial charge is 0.257 e. The van der Waals surface area contributed by atoms with E-state index < -0.39 is 6.04 Å². The highest BCUT2D eigenvalue weighted by molar-refractivity contribution is 7.17. The quantitative estimate of drug-likeness (QED) is 0.307. The summed E-state index contributed by atoms with van der Waals surface area (Å²) in [4.78, 5) is 27.9. The minimum Gasteiger partial charge on any atom is -0.383 e. The molecule has 3 N–H and O–H groups in total. The van der Waals surface area contributed by atoms with Crippen molar-refractivity contribution < 1.29 is 4.79 Å². The Morgan fingerprint density at radius 2 is 1.95 bits per heavy atom. The number of nitrogens with zero attached hydrogens (tertiary/aromatic N) is 5. The van der Waals surface area contributed by atoms with Gasteiger partial charge in [0, 0.05) is 52.9 Å². The van der Waals surface area contributed by atoms with E-state index in [1.165, 1.54) is 11.3 Å². The van der Waals surface area contributed by atoms with Crippen molar-refractivity contribution in [3.8, 4) is 23.0 Å². The Kier molecular flexibility index (Phi) is 6.23. The number of thiophene rings is 1. The number of amides is 1. The van der Waals surface area contributed by atoms with Crippen LogP contribution in [0, 0.1) is 11.8 Å². The van der Waals surface area contributed by atoms with Gasteiger partial charge < -0.3 is 11.1 Å². The maximum Gasteiger partial charge on any atom is 0.257 e. The van der Waals surface area contributed by atoms with E-state index in [1.54, 1.807) is 29.3 Å². The minimum atomic E-state index is -0.428. The van der Waals surface area contributed by atoms with Gasteiger partial charge in [-0.05, 0) is 30.7 Å². The third-order valence-electron chi connectivity index (χ3n) is 6.39. The molecule has 1 amide bonds. The van der Waals surface area contributed by atoms with Gasteiger partial charge in [0.25, 0.3) is 5.91 Å². The van der Waals surface area contributed by atoms with Gasteiger partial charge >= 0.3 is 0 Å². The first-order valence-corrected chi connectivity index (χ1v) is 13.1. The normalized spacial score (nSPS) is 11.7. The molecule has 5 aromatic heterocycles. The molecule has 1 atom stereocenters. The van der Waals surface area contributed by atoms with Crippen molar-refractivity contribution in [2.24, 2.45) is 7.05 Å². The van der Waals surface area contributed by atoms with E-state index in [9.17, 15) is 4.79 Å². The predicted octanol–water partition coefficient (Wildman–Crippen LogP) is 5.11. The van der Waals surface area contributed by atoms with Crippen LogP contribution in [0.25, 0.3) is 32.2 Å². The van der Waals surface area contributed by atoms with Crippen LogP contribution in [0.3, 0.4) is 0 Å². The third-order valence-corrected chi connectivity index (χ3v) is 7.27. The summed E-state index contributed by atoms with van der Waals surface area (Å²) >= 11 is 1.52. The molecule has 9 heteroatoms. The van der Waals surface area contributed by atoms with Crippen LogP contribution in [-0.2, 0) is 7.05 Å². The molecule has 0 bridgehead atoms. The molecule has 0 aliphatic carbocycles. The number of rotatable bonds is 4. The molecule has 0 spiro atoms. The minimum absolute atomic E-state index is 0.132. The summed E-state index contributed by atoms with van der Waals surface area (Å²) in [6.07, 6.45) is 6.87. The largest absolute Gasteiger partial charge is 0.383 e. The summed E-state index contributed by atoms with van der Waals surface area (Å²) in [5.74, 6) is 6.23. The third kappa shape index (κ3) is 4.69. The maximum absolute atomic E-state index is 13.5. The number of benzene rings is 1. The van der Waals surface area contributed by atoms with E-state index in [4.69, 9.17) is 10.7 Å². The van der Waals surface area contributed by atoms with E-state index in [0.29, 0.717) is 5.52 Å². The first kappa shape index (κ1) is 24.3. The van der Waals surface area contributed by atoms with Gasteiger partial charge in [0.15, 0.2) is 0 Å². The van der Waals surface area contributed by atoms with Gasteiger partial charge in [-0.1, -0.05) is 42.2 Å². The van der Waals surface area contributed by atoms with Crippen molar-refractivity contribution in [1.29, 1.82) is 0 Å². The van der Waals surface area contributed by atoms with Crippen molar-refractivity contribution in [2.45, 2.75) is 13.0 Å². The first-order chi connectivity index (χ1) is 19.0. The molecule has 0 radical (unpaired) electrons. The highest BCUT2D eigenvalue weighted by atomic mass is 32.1. The molecule has 6 rings (SSSR count). The fourth-order valence-corrected chi connectivity index (χ4v) is 5.35. The number of anilines is 1. The van der Waals surface area contributed by atoms with Crippen LogP contribution >= 0.6 is 11.3 Å².